The molecule has 1 fully saturated rings. The Bertz CT molecular complexity index is 284. The molecule has 1 aliphatic rings. The van der Waals surface area contributed by atoms with Gasteiger partial charge >= 0.3 is 0 Å². The minimum Gasteiger partial charge on any atom is -0.344 e. The highest BCUT2D eigenvalue weighted by Gasteiger charge is 2.28. The van der Waals surface area contributed by atoms with E-state index in [1.807, 2.05) is 11.8 Å². The fourth-order valence-corrected chi connectivity index (χ4v) is 2.74. The molecule has 1 saturated heterocycles. The van der Waals surface area contributed by atoms with Gasteiger partial charge in [0.1, 0.15) is 6.04 Å². The van der Waals surface area contributed by atoms with Gasteiger partial charge in [0.05, 0.1) is 0 Å². The van der Waals surface area contributed by atoms with Crippen molar-refractivity contribution in [2.45, 2.75) is 32.7 Å². The zero-order valence-corrected chi connectivity index (χ0v) is 11.7. The summed E-state index contributed by atoms with van der Waals surface area (Å²) in [5.74, 6) is 1.58. The minimum absolute atomic E-state index is 0.00906. The number of nitrogens with zero attached hydrogens (tertiary/aromatic N) is 1. The molecule has 1 heterocycles. The second-order valence-corrected chi connectivity index (χ2v) is 5.53. The van der Waals surface area contributed by atoms with Gasteiger partial charge in [-0.05, 0) is 24.3 Å². The van der Waals surface area contributed by atoms with Gasteiger partial charge in [-0.1, -0.05) is 13.8 Å². The van der Waals surface area contributed by atoms with Gasteiger partial charge in [-0.3, -0.25) is 9.59 Å². The first kappa shape index (κ1) is 14.4. The molecule has 0 bridgehead atoms. The first-order valence-electron chi connectivity index (χ1n) is 6.15. The maximum absolute atomic E-state index is 12.2. The summed E-state index contributed by atoms with van der Waals surface area (Å²) in [5, 5.41) is 2.78. The molecule has 0 spiro atoms. The highest BCUT2D eigenvalue weighted by Crippen LogP contribution is 2.12. The van der Waals surface area contributed by atoms with Crippen molar-refractivity contribution in [3.05, 3.63) is 0 Å². The highest BCUT2D eigenvalue weighted by molar-refractivity contribution is 7.98. The van der Waals surface area contributed by atoms with Crippen molar-refractivity contribution >= 4 is 23.6 Å². The normalized spacial score (nSPS) is 23.2. The van der Waals surface area contributed by atoms with E-state index in [0.717, 1.165) is 12.3 Å². The fraction of sp³-hybridized carbons (Fsp3) is 0.833. The first-order valence-corrected chi connectivity index (χ1v) is 7.55. The predicted molar refractivity (Wildman–Crippen MR) is 71.0 cm³/mol. The third-order valence-corrected chi connectivity index (χ3v) is 3.85. The van der Waals surface area contributed by atoms with Gasteiger partial charge in [-0.2, -0.15) is 11.8 Å². The zero-order valence-electron chi connectivity index (χ0n) is 10.9. The van der Waals surface area contributed by atoms with Crippen molar-refractivity contribution in [2.75, 3.05) is 25.1 Å². The molecule has 0 radical (unpaired) electrons. The average molecular weight is 258 g/mol. The van der Waals surface area contributed by atoms with Crippen molar-refractivity contribution in [1.82, 2.24) is 10.2 Å². The van der Waals surface area contributed by atoms with E-state index in [1.165, 1.54) is 0 Å². The third-order valence-electron chi connectivity index (χ3n) is 2.95. The van der Waals surface area contributed by atoms with E-state index in [4.69, 9.17) is 0 Å². The number of thioether (sulfide) groups is 1. The molecule has 0 aliphatic carbocycles. The second kappa shape index (κ2) is 6.89. The molecule has 1 N–H and O–H groups in total. The number of carbonyl (C=O) groups is 2. The number of amides is 2. The summed E-state index contributed by atoms with van der Waals surface area (Å²) >= 11 is 1.79. The van der Waals surface area contributed by atoms with E-state index in [2.05, 4.69) is 18.5 Å². The number of rotatable bonds is 5. The molecule has 4 nitrogen and oxygen atoms in total. The summed E-state index contributed by atoms with van der Waals surface area (Å²) in [6.07, 6.45) is 3.16. The van der Waals surface area contributed by atoms with Crippen LogP contribution in [0, 0.1) is 5.92 Å². The summed E-state index contributed by atoms with van der Waals surface area (Å²) in [7, 11) is 0. The summed E-state index contributed by atoms with van der Waals surface area (Å²) in [4.78, 5) is 25.5. The minimum atomic E-state index is -0.327. The molecule has 1 rings (SSSR count). The molecule has 98 valence electrons. The maximum Gasteiger partial charge on any atom is 0.245 e. The Balaban J connectivity index is 2.63. The van der Waals surface area contributed by atoms with Crippen LogP contribution in [0.4, 0.5) is 0 Å². The van der Waals surface area contributed by atoms with Crippen LogP contribution in [0.15, 0.2) is 0 Å². The molecule has 0 saturated carbocycles. The highest BCUT2D eigenvalue weighted by atomic mass is 32.2. The average Bonchev–Trinajstić information content (AvgIpc) is 2.42. The van der Waals surface area contributed by atoms with Crippen LogP contribution in [0.25, 0.3) is 0 Å². The third kappa shape index (κ3) is 4.22. The molecule has 2 amide bonds. The topological polar surface area (TPSA) is 49.4 Å². The van der Waals surface area contributed by atoms with Crippen LogP contribution in [-0.2, 0) is 9.59 Å². The summed E-state index contributed by atoms with van der Waals surface area (Å²) in [6, 6.07) is -0.327. The van der Waals surface area contributed by atoms with E-state index in [9.17, 15) is 9.59 Å². The van der Waals surface area contributed by atoms with Gasteiger partial charge in [-0.25, -0.2) is 0 Å². The summed E-state index contributed by atoms with van der Waals surface area (Å²) < 4.78 is 0. The lowest BCUT2D eigenvalue weighted by Crippen LogP contribution is -2.45. The van der Waals surface area contributed by atoms with Crippen LogP contribution in [0.5, 0.6) is 0 Å². The number of hydrogen-bond acceptors (Lipinski definition) is 3. The van der Waals surface area contributed by atoms with E-state index in [1.54, 1.807) is 11.8 Å². The summed E-state index contributed by atoms with van der Waals surface area (Å²) in [6.45, 7) is 5.38. The van der Waals surface area contributed by atoms with Gasteiger partial charge in [0.2, 0.25) is 11.8 Å². The quantitative estimate of drug-likeness (QED) is 0.804. The van der Waals surface area contributed by atoms with Crippen LogP contribution in [0.1, 0.15) is 26.7 Å². The van der Waals surface area contributed by atoms with Gasteiger partial charge in [0, 0.05) is 19.5 Å². The molecule has 0 aromatic carbocycles. The van der Waals surface area contributed by atoms with Crippen molar-refractivity contribution < 1.29 is 9.59 Å². The molecule has 1 aliphatic heterocycles. The standard InChI is InChI=1S/C12H22N2O2S/c1-4-10-12(16)14(6-5-11(15)13-10)7-9(2)8-17-3/h9-10H,4-8H2,1-3H3,(H,13,15). The van der Waals surface area contributed by atoms with E-state index < -0.39 is 0 Å². The second-order valence-electron chi connectivity index (χ2n) is 4.62. The first-order chi connectivity index (χ1) is 8.08. The predicted octanol–water partition coefficient (Wildman–Crippen LogP) is 1.11. The lowest BCUT2D eigenvalue weighted by molar-refractivity contribution is -0.134. The molecule has 0 aromatic heterocycles. The van der Waals surface area contributed by atoms with E-state index in [-0.39, 0.29) is 17.9 Å². The van der Waals surface area contributed by atoms with Gasteiger partial charge in [0.15, 0.2) is 0 Å². The van der Waals surface area contributed by atoms with Crippen LogP contribution >= 0.6 is 11.8 Å². The molecule has 2 atom stereocenters. The van der Waals surface area contributed by atoms with Gasteiger partial charge < -0.3 is 10.2 Å². The van der Waals surface area contributed by atoms with Crippen LogP contribution in [0.3, 0.4) is 0 Å². The Morgan fingerprint density at radius 1 is 1.53 bits per heavy atom. The van der Waals surface area contributed by atoms with Gasteiger partial charge in [0.25, 0.3) is 0 Å². The Hall–Kier alpha value is -0.710. The molecule has 5 heteroatoms. The molecular formula is C12H22N2O2S. The number of nitrogens with one attached hydrogen (secondary N) is 1. The van der Waals surface area contributed by atoms with E-state index >= 15 is 0 Å². The Labute approximate surface area is 108 Å². The molecular weight excluding hydrogens is 236 g/mol. The van der Waals surface area contributed by atoms with Crippen molar-refractivity contribution in [3.63, 3.8) is 0 Å². The van der Waals surface area contributed by atoms with Crippen LogP contribution in [0.2, 0.25) is 0 Å². The lowest BCUT2D eigenvalue weighted by Gasteiger charge is -2.26. The maximum atomic E-state index is 12.2. The lowest BCUT2D eigenvalue weighted by atomic mass is 10.1. The number of hydrogen-bond donors (Lipinski definition) is 1. The van der Waals surface area contributed by atoms with Crippen molar-refractivity contribution in [2.24, 2.45) is 5.92 Å². The van der Waals surface area contributed by atoms with Crippen molar-refractivity contribution in [1.29, 1.82) is 0 Å². The molecule has 2 unspecified atom stereocenters. The zero-order chi connectivity index (χ0) is 12.8. The Morgan fingerprint density at radius 3 is 2.82 bits per heavy atom. The van der Waals surface area contributed by atoms with Gasteiger partial charge in [-0.15, -0.1) is 0 Å². The monoisotopic (exact) mass is 258 g/mol. The summed E-state index contributed by atoms with van der Waals surface area (Å²) in [5.41, 5.74) is 0. The van der Waals surface area contributed by atoms with E-state index in [0.29, 0.717) is 25.3 Å². The smallest absolute Gasteiger partial charge is 0.245 e. The van der Waals surface area contributed by atoms with Crippen LogP contribution in [-0.4, -0.2) is 47.9 Å². The number of carbonyl (C=O) groups excluding carboxylic acids is 2. The molecule has 17 heavy (non-hydrogen) atoms. The Morgan fingerprint density at radius 2 is 2.24 bits per heavy atom. The Kier molecular flexibility index (Phi) is 5.82. The SMILES string of the molecule is CCC1NC(=O)CCN(CC(C)CSC)C1=O. The van der Waals surface area contributed by atoms with Crippen LogP contribution < -0.4 is 5.32 Å². The fourth-order valence-electron chi connectivity index (χ4n) is 2.07. The largest absolute Gasteiger partial charge is 0.344 e. The molecule has 0 aromatic rings. The van der Waals surface area contributed by atoms with Crippen molar-refractivity contribution in [3.8, 4) is 0 Å².